The summed E-state index contributed by atoms with van der Waals surface area (Å²) in [4.78, 5) is 38.6. The van der Waals surface area contributed by atoms with Crippen LogP contribution in [0.1, 0.15) is 43.7 Å². The van der Waals surface area contributed by atoms with Gasteiger partial charge in [-0.05, 0) is 29.5 Å². The van der Waals surface area contributed by atoms with Crippen LogP contribution >= 0.6 is 0 Å². The Morgan fingerprint density at radius 1 is 1.04 bits per heavy atom. The molecule has 1 aromatic heterocycles. The first-order valence-corrected chi connectivity index (χ1v) is 9.19. The second-order valence-electron chi connectivity index (χ2n) is 8.41. The molecule has 146 valence electrons. The van der Waals surface area contributed by atoms with E-state index < -0.39 is 23.0 Å². The molecule has 0 spiro atoms. The molecular formula is C21H22FN3O3. The van der Waals surface area contributed by atoms with Crippen molar-refractivity contribution in [3.8, 4) is 0 Å². The SMILES string of the molecule is Cn1c2c(c(=O)n(C)c1=O)C(c1ccc(F)cc1)C1=C(CC(C)(C)CC1=O)N2. The molecule has 2 aromatic rings. The fraction of sp³-hybridized carbons (Fsp3) is 0.381. The number of ketones is 1. The van der Waals surface area contributed by atoms with Crippen molar-refractivity contribution in [1.82, 2.24) is 9.13 Å². The topological polar surface area (TPSA) is 73.1 Å². The summed E-state index contributed by atoms with van der Waals surface area (Å²) < 4.78 is 16.0. The fourth-order valence-electron chi connectivity index (χ4n) is 4.34. The summed E-state index contributed by atoms with van der Waals surface area (Å²) in [5.74, 6) is -0.668. The van der Waals surface area contributed by atoms with Crippen LogP contribution in [0.2, 0.25) is 0 Å². The van der Waals surface area contributed by atoms with Gasteiger partial charge in [-0.2, -0.15) is 0 Å². The molecule has 28 heavy (non-hydrogen) atoms. The van der Waals surface area contributed by atoms with Crippen molar-refractivity contribution in [2.75, 3.05) is 5.32 Å². The lowest BCUT2D eigenvalue weighted by Crippen LogP contribution is -2.45. The van der Waals surface area contributed by atoms with Gasteiger partial charge in [-0.1, -0.05) is 26.0 Å². The number of fused-ring (bicyclic) bond motifs is 1. The first-order chi connectivity index (χ1) is 13.1. The molecule has 1 unspecified atom stereocenters. The molecule has 1 atom stereocenters. The van der Waals surface area contributed by atoms with Crippen molar-refractivity contribution < 1.29 is 9.18 Å². The molecule has 1 aliphatic heterocycles. The molecule has 0 fully saturated rings. The molecule has 0 bridgehead atoms. The molecule has 2 aliphatic rings. The Hall–Kier alpha value is -2.96. The van der Waals surface area contributed by atoms with E-state index in [-0.39, 0.29) is 11.2 Å². The van der Waals surface area contributed by atoms with E-state index in [1.807, 2.05) is 13.8 Å². The summed E-state index contributed by atoms with van der Waals surface area (Å²) in [6, 6.07) is 5.83. The Balaban J connectivity index is 2.07. The number of hydrogen-bond acceptors (Lipinski definition) is 4. The maximum atomic E-state index is 13.5. The van der Waals surface area contributed by atoms with Gasteiger partial charge in [0.25, 0.3) is 5.56 Å². The highest BCUT2D eigenvalue weighted by Crippen LogP contribution is 2.47. The van der Waals surface area contributed by atoms with Gasteiger partial charge in [-0.15, -0.1) is 0 Å². The number of aromatic nitrogens is 2. The Kier molecular flexibility index (Phi) is 3.96. The maximum Gasteiger partial charge on any atom is 0.332 e. The van der Waals surface area contributed by atoms with Crippen LogP contribution in [0.15, 0.2) is 45.1 Å². The Labute approximate surface area is 161 Å². The monoisotopic (exact) mass is 383 g/mol. The average molecular weight is 383 g/mol. The number of allylic oxidation sites excluding steroid dienone is 2. The van der Waals surface area contributed by atoms with Crippen LogP contribution in [0.4, 0.5) is 10.2 Å². The third-order valence-corrected chi connectivity index (χ3v) is 5.67. The normalized spacial score (nSPS) is 20.5. The number of anilines is 1. The number of rotatable bonds is 1. The minimum Gasteiger partial charge on any atom is -0.344 e. The summed E-state index contributed by atoms with van der Waals surface area (Å²) >= 11 is 0. The highest BCUT2D eigenvalue weighted by Gasteiger charge is 2.42. The number of benzene rings is 1. The molecule has 2 heterocycles. The van der Waals surface area contributed by atoms with Gasteiger partial charge in [0.05, 0.1) is 5.56 Å². The van der Waals surface area contributed by atoms with Crippen molar-refractivity contribution in [2.45, 2.75) is 32.6 Å². The molecule has 1 N–H and O–H groups in total. The Morgan fingerprint density at radius 3 is 2.32 bits per heavy atom. The van der Waals surface area contributed by atoms with Gasteiger partial charge in [-0.3, -0.25) is 18.7 Å². The summed E-state index contributed by atoms with van der Waals surface area (Å²) in [6.45, 7) is 4.03. The van der Waals surface area contributed by atoms with Gasteiger partial charge in [0, 0.05) is 37.7 Å². The third kappa shape index (κ3) is 2.65. The minimum absolute atomic E-state index is 0.0327. The summed E-state index contributed by atoms with van der Waals surface area (Å²) in [6.07, 6.45) is 0.987. The lowest BCUT2D eigenvalue weighted by atomic mass is 9.69. The number of halogens is 1. The van der Waals surface area contributed by atoms with Gasteiger partial charge >= 0.3 is 5.69 Å². The standard InChI is InChI=1S/C21H22FN3O3/c1-21(2)9-13-16(14(26)10-21)15(11-5-7-12(22)8-6-11)17-18(23-13)24(3)20(28)25(4)19(17)27/h5-8,15,23H,9-10H2,1-4H3. The van der Waals surface area contributed by atoms with Gasteiger partial charge in [0.1, 0.15) is 11.6 Å². The molecule has 6 nitrogen and oxygen atoms in total. The molecule has 0 amide bonds. The summed E-state index contributed by atoms with van der Waals surface area (Å²) in [5.41, 5.74) is 1.12. The molecule has 0 radical (unpaired) electrons. The smallest absolute Gasteiger partial charge is 0.332 e. The Morgan fingerprint density at radius 2 is 1.68 bits per heavy atom. The number of carbonyl (C=O) groups is 1. The van der Waals surface area contributed by atoms with Crippen LogP contribution in [-0.2, 0) is 18.9 Å². The predicted molar refractivity (Wildman–Crippen MR) is 104 cm³/mol. The average Bonchev–Trinajstić information content (AvgIpc) is 2.63. The van der Waals surface area contributed by atoms with Crippen LogP contribution < -0.4 is 16.6 Å². The van der Waals surface area contributed by atoms with Gasteiger partial charge < -0.3 is 5.32 Å². The van der Waals surface area contributed by atoms with E-state index in [2.05, 4.69) is 5.32 Å². The van der Waals surface area contributed by atoms with Crippen molar-refractivity contribution in [2.24, 2.45) is 19.5 Å². The van der Waals surface area contributed by atoms with E-state index in [0.29, 0.717) is 35.4 Å². The van der Waals surface area contributed by atoms with Crippen LogP contribution in [0, 0.1) is 11.2 Å². The highest BCUT2D eigenvalue weighted by atomic mass is 19.1. The number of hydrogen-bond donors (Lipinski definition) is 1. The zero-order valence-corrected chi connectivity index (χ0v) is 16.3. The summed E-state index contributed by atoms with van der Waals surface area (Å²) in [7, 11) is 3.01. The first kappa shape index (κ1) is 18.4. The lowest BCUT2D eigenvalue weighted by molar-refractivity contribution is -0.118. The molecule has 0 saturated heterocycles. The van der Waals surface area contributed by atoms with Crippen molar-refractivity contribution in [1.29, 1.82) is 0 Å². The number of Topliss-reactive ketones (excluding diaryl/α,β-unsaturated/α-hetero) is 1. The molecule has 0 saturated carbocycles. The van der Waals surface area contributed by atoms with Gasteiger partial charge in [0.15, 0.2) is 5.78 Å². The van der Waals surface area contributed by atoms with E-state index in [4.69, 9.17) is 0 Å². The zero-order valence-electron chi connectivity index (χ0n) is 16.3. The second kappa shape index (κ2) is 6.02. The van der Waals surface area contributed by atoms with Gasteiger partial charge in [-0.25, -0.2) is 9.18 Å². The first-order valence-electron chi connectivity index (χ1n) is 9.19. The number of nitrogens with one attached hydrogen (secondary N) is 1. The quantitative estimate of drug-likeness (QED) is 0.821. The van der Waals surface area contributed by atoms with E-state index in [9.17, 15) is 18.8 Å². The molecule has 1 aromatic carbocycles. The van der Waals surface area contributed by atoms with E-state index in [1.54, 1.807) is 19.2 Å². The molecule has 7 heteroatoms. The molecule has 1 aliphatic carbocycles. The maximum absolute atomic E-state index is 13.5. The third-order valence-electron chi connectivity index (χ3n) is 5.67. The highest BCUT2D eigenvalue weighted by molar-refractivity contribution is 6.01. The van der Waals surface area contributed by atoms with Crippen LogP contribution in [0.25, 0.3) is 0 Å². The van der Waals surface area contributed by atoms with Crippen molar-refractivity contribution >= 4 is 11.6 Å². The van der Waals surface area contributed by atoms with Crippen LogP contribution in [0.5, 0.6) is 0 Å². The lowest BCUT2D eigenvalue weighted by Gasteiger charge is -2.39. The predicted octanol–water partition coefficient (Wildman–Crippen LogP) is 2.42. The van der Waals surface area contributed by atoms with E-state index in [1.165, 1.54) is 23.7 Å². The van der Waals surface area contributed by atoms with Crippen molar-refractivity contribution in [3.63, 3.8) is 0 Å². The number of carbonyl (C=O) groups excluding carboxylic acids is 1. The second-order valence-corrected chi connectivity index (χ2v) is 8.41. The van der Waals surface area contributed by atoms with E-state index >= 15 is 0 Å². The zero-order chi connectivity index (χ0) is 20.4. The van der Waals surface area contributed by atoms with Crippen molar-refractivity contribution in [3.05, 3.63) is 73.3 Å². The van der Waals surface area contributed by atoms with E-state index in [0.717, 1.165) is 10.3 Å². The largest absolute Gasteiger partial charge is 0.344 e. The van der Waals surface area contributed by atoms with Crippen LogP contribution in [-0.4, -0.2) is 14.9 Å². The minimum atomic E-state index is -0.638. The fourth-order valence-corrected chi connectivity index (χ4v) is 4.34. The summed E-state index contributed by atoms with van der Waals surface area (Å²) in [5, 5.41) is 3.21. The van der Waals surface area contributed by atoms with Gasteiger partial charge in [0.2, 0.25) is 0 Å². The van der Waals surface area contributed by atoms with Crippen LogP contribution in [0.3, 0.4) is 0 Å². The Bertz CT molecular complexity index is 1150. The molecule has 4 rings (SSSR count). The number of nitrogens with zero attached hydrogens (tertiary/aromatic N) is 2. The molecular weight excluding hydrogens is 361 g/mol.